The topological polar surface area (TPSA) is 12.0 Å². The number of nitrogens with one attached hydrogen (secondary N) is 1. The van der Waals surface area contributed by atoms with Gasteiger partial charge in [-0.1, -0.05) is 35.0 Å². The van der Waals surface area contributed by atoms with E-state index in [2.05, 4.69) is 69.3 Å². The fourth-order valence-corrected chi connectivity index (χ4v) is 3.17. The van der Waals surface area contributed by atoms with Crippen molar-refractivity contribution in [1.29, 1.82) is 0 Å². The van der Waals surface area contributed by atoms with E-state index in [1.54, 1.807) is 11.3 Å². The number of benzene rings is 1. The van der Waals surface area contributed by atoms with Gasteiger partial charge in [0.15, 0.2) is 0 Å². The van der Waals surface area contributed by atoms with E-state index in [9.17, 15) is 0 Å². The highest BCUT2D eigenvalue weighted by Crippen LogP contribution is 2.20. The zero-order valence-corrected chi connectivity index (χ0v) is 12.9. The van der Waals surface area contributed by atoms with Crippen molar-refractivity contribution >= 4 is 27.3 Å². The first-order chi connectivity index (χ1) is 8.79. The summed E-state index contributed by atoms with van der Waals surface area (Å²) in [6, 6.07) is 11.2. The molecule has 0 bridgehead atoms. The molecule has 18 heavy (non-hydrogen) atoms. The molecular formula is C15H18BrNS. The van der Waals surface area contributed by atoms with Gasteiger partial charge in [-0.2, -0.15) is 11.3 Å². The van der Waals surface area contributed by atoms with Crippen molar-refractivity contribution in [1.82, 2.24) is 5.32 Å². The average Bonchev–Trinajstić information content (AvgIpc) is 2.88. The molecule has 0 amide bonds. The van der Waals surface area contributed by atoms with E-state index in [4.69, 9.17) is 0 Å². The molecule has 1 heterocycles. The Morgan fingerprint density at radius 1 is 1.33 bits per heavy atom. The maximum absolute atomic E-state index is 3.64. The number of thiophene rings is 1. The lowest BCUT2D eigenvalue weighted by Crippen LogP contribution is -2.23. The number of hydrogen-bond acceptors (Lipinski definition) is 2. The third-order valence-electron chi connectivity index (χ3n) is 3.04. The molecule has 1 aromatic carbocycles. The standard InChI is InChI=1S/C15H18BrNS/c1-2-15(13-4-3-5-14(16)10-13)17-8-6-12-7-9-18-11-12/h3-5,7,9-11,15,17H,2,6,8H2,1H3. The van der Waals surface area contributed by atoms with E-state index >= 15 is 0 Å². The summed E-state index contributed by atoms with van der Waals surface area (Å²) in [5, 5.41) is 8.00. The first kappa shape index (κ1) is 13.8. The van der Waals surface area contributed by atoms with Gasteiger partial charge >= 0.3 is 0 Å². The van der Waals surface area contributed by atoms with Crippen molar-refractivity contribution in [3.8, 4) is 0 Å². The van der Waals surface area contributed by atoms with Gasteiger partial charge in [-0.05, 0) is 59.5 Å². The molecule has 0 aliphatic rings. The second-order valence-electron chi connectivity index (χ2n) is 4.35. The zero-order valence-electron chi connectivity index (χ0n) is 10.5. The third-order valence-corrected chi connectivity index (χ3v) is 4.27. The van der Waals surface area contributed by atoms with Crippen LogP contribution in [0.4, 0.5) is 0 Å². The van der Waals surface area contributed by atoms with E-state index in [-0.39, 0.29) is 0 Å². The summed E-state index contributed by atoms with van der Waals surface area (Å²) in [6.45, 7) is 3.25. The molecule has 1 nitrogen and oxygen atoms in total. The highest BCUT2D eigenvalue weighted by molar-refractivity contribution is 9.10. The number of rotatable bonds is 6. The van der Waals surface area contributed by atoms with Gasteiger partial charge in [0, 0.05) is 10.5 Å². The van der Waals surface area contributed by atoms with Crippen LogP contribution < -0.4 is 5.32 Å². The lowest BCUT2D eigenvalue weighted by molar-refractivity contribution is 0.522. The average molecular weight is 324 g/mol. The lowest BCUT2D eigenvalue weighted by Gasteiger charge is -2.17. The molecule has 2 aromatic rings. The molecule has 1 unspecified atom stereocenters. The van der Waals surface area contributed by atoms with E-state index < -0.39 is 0 Å². The van der Waals surface area contributed by atoms with E-state index in [1.165, 1.54) is 11.1 Å². The van der Waals surface area contributed by atoms with Crippen molar-refractivity contribution in [2.45, 2.75) is 25.8 Å². The minimum absolute atomic E-state index is 0.445. The van der Waals surface area contributed by atoms with Crippen LogP contribution in [0.3, 0.4) is 0 Å². The molecule has 0 fully saturated rings. The molecule has 0 aliphatic heterocycles. The second kappa shape index (κ2) is 7.07. The largest absolute Gasteiger partial charge is 0.310 e. The monoisotopic (exact) mass is 323 g/mol. The molecule has 0 radical (unpaired) electrons. The Bertz CT molecular complexity index is 467. The van der Waals surface area contributed by atoms with Crippen LogP contribution in [0.5, 0.6) is 0 Å². The van der Waals surface area contributed by atoms with Gasteiger partial charge in [-0.15, -0.1) is 0 Å². The molecule has 1 N–H and O–H groups in total. The maximum atomic E-state index is 3.64. The van der Waals surface area contributed by atoms with Crippen LogP contribution in [0.25, 0.3) is 0 Å². The van der Waals surface area contributed by atoms with Gasteiger partial charge in [0.2, 0.25) is 0 Å². The van der Waals surface area contributed by atoms with Gasteiger partial charge in [-0.25, -0.2) is 0 Å². The maximum Gasteiger partial charge on any atom is 0.0318 e. The SMILES string of the molecule is CCC(NCCc1ccsc1)c1cccc(Br)c1. The Morgan fingerprint density at radius 2 is 2.22 bits per heavy atom. The summed E-state index contributed by atoms with van der Waals surface area (Å²) in [5.41, 5.74) is 2.79. The van der Waals surface area contributed by atoms with Crippen LogP contribution >= 0.6 is 27.3 Å². The summed E-state index contributed by atoms with van der Waals surface area (Å²) in [4.78, 5) is 0. The van der Waals surface area contributed by atoms with Crippen LogP contribution in [-0.4, -0.2) is 6.54 Å². The summed E-state index contributed by atoms with van der Waals surface area (Å²) in [6.07, 6.45) is 2.22. The van der Waals surface area contributed by atoms with Gasteiger partial charge < -0.3 is 5.32 Å². The van der Waals surface area contributed by atoms with Crippen molar-refractivity contribution < 1.29 is 0 Å². The minimum atomic E-state index is 0.445. The Morgan fingerprint density at radius 3 is 2.89 bits per heavy atom. The van der Waals surface area contributed by atoms with Crippen molar-refractivity contribution in [2.75, 3.05) is 6.54 Å². The normalized spacial score (nSPS) is 12.6. The van der Waals surface area contributed by atoms with E-state index in [0.717, 1.165) is 23.9 Å². The van der Waals surface area contributed by atoms with Gasteiger partial charge in [0.25, 0.3) is 0 Å². The fraction of sp³-hybridized carbons (Fsp3) is 0.333. The molecule has 3 heteroatoms. The molecule has 2 rings (SSSR count). The number of hydrogen-bond donors (Lipinski definition) is 1. The van der Waals surface area contributed by atoms with Crippen LogP contribution in [0.2, 0.25) is 0 Å². The summed E-state index contributed by atoms with van der Waals surface area (Å²) in [7, 11) is 0. The first-order valence-corrected chi connectivity index (χ1v) is 8.03. The zero-order chi connectivity index (χ0) is 12.8. The smallest absolute Gasteiger partial charge is 0.0318 e. The third kappa shape index (κ3) is 3.94. The van der Waals surface area contributed by atoms with E-state index in [0.29, 0.717) is 6.04 Å². The Hall–Kier alpha value is -0.640. The fourth-order valence-electron chi connectivity index (χ4n) is 2.05. The Balaban J connectivity index is 1.89. The minimum Gasteiger partial charge on any atom is -0.310 e. The molecule has 0 spiro atoms. The molecular weight excluding hydrogens is 306 g/mol. The quantitative estimate of drug-likeness (QED) is 0.805. The molecule has 96 valence electrons. The Labute approximate surface area is 121 Å². The highest BCUT2D eigenvalue weighted by Gasteiger charge is 2.08. The molecule has 0 saturated heterocycles. The molecule has 0 aliphatic carbocycles. The molecule has 1 atom stereocenters. The lowest BCUT2D eigenvalue weighted by atomic mass is 10.0. The van der Waals surface area contributed by atoms with Crippen LogP contribution in [0, 0.1) is 0 Å². The highest BCUT2D eigenvalue weighted by atomic mass is 79.9. The predicted molar refractivity (Wildman–Crippen MR) is 83.2 cm³/mol. The van der Waals surface area contributed by atoms with Crippen LogP contribution in [0.1, 0.15) is 30.5 Å². The summed E-state index contributed by atoms with van der Waals surface area (Å²) in [5.74, 6) is 0. The number of halogens is 1. The Kier molecular flexibility index (Phi) is 5.42. The first-order valence-electron chi connectivity index (χ1n) is 6.29. The van der Waals surface area contributed by atoms with E-state index in [1.807, 2.05) is 0 Å². The van der Waals surface area contributed by atoms with Crippen molar-refractivity contribution in [3.63, 3.8) is 0 Å². The summed E-state index contributed by atoms with van der Waals surface area (Å²) < 4.78 is 1.15. The van der Waals surface area contributed by atoms with Crippen molar-refractivity contribution in [3.05, 3.63) is 56.7 Å². The van der Waals surface area contributed by atoms with Gasteiger partial charge in [0.05, 0.1) is 0 Å². The molecule has 1 aromatic heterocycles. The van der Waals surface area contributed by atoms with Crippen molar-refractivity contribution in [2.24, 2.45) is 0 Å². The van der Waals surface area contributed by atoms with Crippen LogP contribution in [-0.2, 0) is 6.42 Å². The van der Waals surface area contributed by atoms with Gasteiger partial charge in [-0.3, -0.25) is 0 Å². The summed E-state index contributed by atoms with van der Waals surface area (Å²) >= 11 is 5.30. The predicted octanol–water partition coefficient (Wildman–Crippen LogP) is 4.79. The van der Waals surface area contributed by atoms with Gasteiger partial charge in [0.1, 0.15) is 0 Å². The molecule has 0 saturated carbocycles. The second-order valence-corrected chi connectivity index (χ2v) is 6.05. The van der Waals surface area contributed by atoms with Crippen LogP contribution in [0.15, 0.2) is 45.6 Å².